The van der Waals surface area contributed by atoms with Gasteiger partial charge in [-0.2, -0.15) is 5.10 Å². The second kappa shape index (κ2) is 7.68. The van der Waals surface area contributed by atoms with Gasteiger partial charge in [0.25, 0.3) is 0 Å². The summed E-state index contributed by atoms with van der Waals surface area (Å²) in [5.74, 6) is 2.66. The predicted molar refractivity (Wildman–Crippen MR) is 97.4 cm³/mol. The largest absolute Gasteiger partial charge is 0.316 e. The topological polar surface area (TPSA) is 51.8 Å². The molecule has 136 valence electrons. The van der Waals surface area contributed by atoms with Gasteiger partial charge in [0.05, 0.1) is 0 Å². The maximum Gasteiger partial charge on any atom is 0.154 e. The third kappa shape index (κ3) is 3.78. The lowest BCUT2D eigenvalue weighted by Crippen LogP contribution is -2.42. The van der Waals surface area contributed by atoms with Crippen molar-refractivity contribution in [2.75, 3.05) is 13.1 Å². The third-order valence-corrected chi connectivity index (χ3v) is 6.02. The van der Waals surface area contributed by atoms with E-state index in [9.17, 15) is 0 Å². The smallest absolute Gasteiger partial charge is 0.154 e. The summed E-state index contributed by atoms with van der Waals surface area (Å²) in [6, 6.07) is 2.74. The molecule has 0 radical (unpaired) electrons. The van der Waals surface area contributed by atoms with Crippen LogP contribution in [-0.2, 0) is 13.6 Å². The van der Waals surface area contributed by atoms with Crippen LogP contribution in [0.2, 0.25) is 0 Å². The molecule has 2 aliphatic rings. The van der Waals surface area contributed by atoms with E-state index in [1.807, 2.05) is 23.1 Å². The Morgan fingerprint density at radius 3 is 2.64 bits per heavy atom. The first-order valence-corrected chi connectivity index (χ1v) is 9.91. The van der Waals surface area contributed by atoms with Crippen molar-refractivity contribution < 1.29 is 0 Å². The Labute approximate surface area is 150 Å². The lowest BCUT2D eigenvalue weighted by Gasteiger charge is -2.37. The number of hydrogen-bond acceptors (Lipinski definition) is 4. The minimum absolute atomic E-state index is 0.515. The van der Waals surface area contributed by atoms with Crippen molar-refractivity contribution in [3.05, 3.63) is 30.1 Å². The van der Waals surface area contributed by atoms with E-state index in [1.165, 1.54) is 57.9 Å². The highest BCUT2D eigenvalue weighted by Gasteiger charge is 2.29. The summed E-state index contributed by atoms with van der Waals surface area (Å²) in [5.41, 5.74) is 0. The van der Waals surface area contributed by atoms with Gasteiger partial charge in [-0.1, -0.05) is 25.7 Å². The molecule has 1 aliphatic heterocycles. The molecule has 0 N–H and O–H groups in total. The van der Waals surface area contributed by atoms with Crippen molar-refractivity contribution in [1.82, 2.24) is 29.4 Å². The molecule has 0 spiro atoms. The fraction of sp³-hybridized carbons (Fsp3) is 0.737. The van der Waals surface area contributed by atoms with Gasteiger partial charge >= 0.3 is 0 Å². The first-order valence-electron chi connectivity index (χ1n) is 9.91. The quantitative estimate of drug-likeness (QED) is 0.802. The molecule has 2 fully saturated rings. The van der Waals surface area contributed by atoms with Gasteiger partial charge in [0.2, 0.25) is 0 Å². The average Bonchev–Trinajstić information content (AvgIpc) is 3.18. The highest BCUT2D eigenvalue weighted by Crippen LogP contribution is 2.30. The molecule has 1 atom stereocenters. The zero-order valence-electron chi connectivity index (χ0n) is 15.3. The van der Waals surface area contributed by atoms with Crippen molar-refractivity contribution >= 4 is 0 Å². The summed E-state index contributed by atoms with van der Waals surface area (Å²) in [7, 11) is 2.11. The van der Waals surface area contributed by atoms with Gasteiger partial charge in [-0.3, -0.25) is 9.58 Å². The van der Waals surface area contributed by atoms with Crippen LogP contribution in [-0.4, -0.2) is 48.6 Å². The van der Waals surface area contributed by atoms with Gasteiger partial charge in [-0.05, 0) is 38.3 Å². The summed E-state index contributed by atoms with van der Waals surface area (Å²) in [6.07, 6.45) is 14.7. The average molecular weight is 342 g/mol. The minimum Gasteiger partial charge on any atom is -0.316 e. The van der Waals surface area contributed by atoms with Crippen molar-refractivity contribution in [1.29, 1.82) is 0 Å². The Morgan fingerprint density at radius 1 is 1.04 bits per heavy atom. The highest BCUT2D eigenvalue weighted by molar-refractivity contribution is 5.05. The van der Waals surface area contributed by atoms with Gasteiger partial charge < -0.3 is 4.57 Å². The highest BCUT2D eigenvalue weighted by atomic mass is 15.3. The molecule has 0 aromatic carbocycles. The maximum atomic E-state index is 4.56. The van der Waals surface area contributed by atoms with Crippen LogP contribution in [0.25, 0.3) is 0 Å². The number of likely N-dealkylation sites (tertiary alicyclic amines) is 1. The summed E-state index contributed by atoms with van der Waals surface area (Å²) in [5, 5.41) is 13.3. The Kier molecular flexibility index (Phi) is 5.15. The summed E-state index contributed by atoms with van der Waals surface area (Å²) >= 11 is 0. The van der Waals surface area contributed by atoms with Crippen LogP contribution in [0.3, 0.4) is 0 Å². The molecule has 1 saturated carbocycles. The summed E-state index contributed by atoms with van der Waals surface area (Å²) < 4.78 is 4.11. The number of hydrogen-bond donors (Lipinski definition) is 0. The van der Waals surface area contributed by atoms with Gasteiger partial charge in [0, 0.05) is 37.9 Å². The molecule has 4 rings (SSSR count). The Hall–Kier alpha value is -1.69. The van der Waals surface area contributed by atoms with Crippen LogP contribution in [0.4, 0.5) is 0 Å². The molecule has 1 aliphatic carbocycles. The maximum absolute atomic E-state index is 4.56. The monoisotopic (exact) mass is 342 g/mol. The lowest BCUT2D eigenvalue weighted by molar-refractivity contribution is 0.132. The van der Waals surface area contributed by atoms with Crippen molar-refractivity contribution in [3.8, 4) is 0 Å². The molecule has 1 saturated heterocycles. The Morgan fingerprint density at radius 2 is 1.88 bits per heavy atom. The zero-order chi connectivity index (χ0) is 17.1. The number of nitrogens with zero attached hydrogens (tertiary/aromatic N) is 6. The summed E-state index contributed by atoms with van der Waals surface area (Å²) in [4.78, 5) is 2.75. The van der Waals surface area contributed by atoms with E-state index in [-0.39, 0.29) is 0 Å². The van der Waals surface area contributed by atoms with Crippen LogP contribution in [0.1, 0.15) is 68.9 Å². The fourth-order valence-corrected chi connectivity index (χ4v) is 4.58. The Balaban J connectivity index is 1.45. The van der Waals surface area contributed by atoms with Gasteiger partial charge in [0.1, 0.15) is 12.4 Å². The van der Waals surface area contributed by atoms with Crippen LogP contribution in [0, 0.1) is 0 Å². The number of aromatic nitrogens is 5. The number of rotatable bonds is 4. The van der Waals surface area contributed by atoms with Crippen molar-refractivity contribution in [3.63, 3.8) is 0 Å². The molecule has 0 amide bonds. The molecule has 2 aromatic rings. The van der Waals surface area contributed by atoms with E-state index in [1.54, 1.807) is 0 Å². The third-order valence-electron chi connectivity index (χ3n) is 6.02. The molecule has 6 heteroatoms. The second-order valence-corrected chi connectivity index (χ2v) is 7.72. The molecule has 0 bridgehead atoms. The summed E-state index contributed by atoms with van der Waals surface area (Å²) in [6.45, 7) is 3.10. The van der Waals surface area contributed by atoms with Crippen molar-refractivity contribution in [2.45, 2.75) is 69.9 Å². The molecule has 3 heterocycles. The van der Waals surface area contributed by atoms with E-state index in [2.05, 4.69) is 31.8 Å². The van der Waals surface area contributed by atoms with E-state index in [0.717, 1.165) is 24.2 Å². The van der Waals surface area contributed by atoms with Crippen LogP contribution >= 0.6 is 0 Å². The molecule has 6 nitrogen and oxygen atoms in total. The van der Waals surface area contributed by atoms with E-state index in [4.69, 9.17) is 0 Å². The van der Waals surface area contributed by atoms with E-state index in [0.29, 0.717) is 12.5 Å². The SMILES string of the molecule is Cn1c(Cn2cccn2)nnc1[C@@H]1CCCN(C2CCCCCC2)C1. The Bertz CT molecular complexity index is 654. The molecular formula is C19H30N6. The first-order chi connectivity index (χ1) is 12.3. The van der Waals surface area contributed by atoms with Gasteiger partial charge in [-0.15, -0.1) is 10.2 Å². The molecule has 0 unspecified atom stereocenters. The van der Waals surface area contributed by atoms with Gasteiger partial charge in [0.15, 0.2) is 5.82 Å². The van der Waals surface area contributed by atoms with E-state index < -0.39 is 0 Å². The molecule has 25 heavy (non-hydrogen) atoms. The van der Waals surface area contributed by atoms with Crippen molar-refractivity contribution in [2.24, 2.45) is 7.05 Å². The second-order valence-electron chi connectivity index (χ2n) is 7.72. The van der Waals surface area contributed by atoms with Crippen LogP contribution in [0.15, 0.2) is 18.5 Å². The fourth-order valence-electron chi connectivity index (χ4n) is 4.58. The van der Waals surface area contributed by atoms with Gasteiger partial charge in [-0.25, -0.2) is 0 Å². The van der Waals surface area contributed by atoms with Crippen LogP contribution < -0.4 is 0 Å². The molecule has 2 aromatic heterocycles. The van der Waals surface area contributed by atoms with Crippen LogP contribution in [0.5, 0.6) is 0 Å². The first kappa shape index (κ1) is 16.8. The lowest BCUT2D eigenvalue weighted by atomic mass is 9.94. The van der Waals surface area contributed by atoms with E-state index >= 15 is 0 Å². The molecular weight excluding hydrogens is 312 g/mol. The normalized spacial score (nSPS) is 23.6. The minimum atomic E-state index is 0.515. The predicted octanol–water partition coefficient (Wildman–Crippen LogP) is 2.96. The standard InChI is InChI=1S/C19H30N6/c1-23-18(15-25-13-7-11-20-25)21-22-19(23)16-8-6-12-24(14-16)17-9-4-2-3-5-10-17/h7,11,13,16-17H,2-6,8-10,12,14-15H2,1H3/t16-/m1/s1. The zero-order valence-corrected chi connectivity index (χ0v) is 15.3. The number of piperidine rings is 1.